The third-order valence-electron chi connectivity index (χ3n) is 6.00. The van der Waals surface area contributed by atoms with Gasteiger partial charge in [0.05, 0.1) is 24.9 Å². The summed E-state index contributed by atoms with van der Waals surface area (Å²) < 4.78 is 7.97. The first kappa shape index (κ1) is 24.3. The lowest BCUT2D eigenvalue weighted by atomic mass is 10.1. The van der Waals surface area contributed by atoms with Gasteiger partial charge in [-0.15, -0.1) is 10.2 Å². The van der Waals surface area contributed by atoms with E-state index in [1.54, 1.807) is 0 Å². The van der Waals surface area contributed by atoms with Crippen LogP contribution < -0.4 is 10.6 Å². The molecule has 0 bridgehead atoms. The van der Waals surface area contributed by atoms with E-state index in [-0.39, 0.29) is 17.8 Å². The van der Waals surface area contributed by atoms with Gasteiger partial charge < -0.3 is 19.9 Å². The largest absolute Gasteiger partial charge is 0.378 e. The minimum atomic E-state index is -0.0594. The Morgan fingerprint density at radius 3 is 2.71 bits per heavy atom. The predicted molar refractivity (Wildman–Crippen MR) is 137 cm³/mol. The van der Waals surface area contributed by atoms with Crippen LogP contribution in [0.25, 0.3) is 0 Å². The van der Waals surface area contributed by atoms with E-state index in [2.05, 4.69) is 64.4 Å². The maximum Gasteiger partial charge on any atom is 0.234 e. The molecule has 1 saturated heterocycles. The van der Waals surface area contributed by atoms with E-state index in [0.717, 1.165) is 48.2 Å². The second-order valence-electron chi connectivity index (χ2n) is 8.70. The highest BCUT2D eigenvalue weighted by molar-refractivity contribution is 7.99. The highest BCUT2D eigenvalue weighted by Gasteiger charge is 2.21. The van der Waals surface area contributed by atoms with Gasteiger partial charge in [-0.1, -0.05) is 48.5 Å². The van der Waals surface area contributed by atoms with Gasteiger partial charge >= 0.3 is 0 Å². The van der Waals surface area contributed by atoms with Crippen molar-refractivity contribution >= 4 is 29.0 Å². The maximum atomic E-state index is 12.6. The molecule has 34 heavy (non-hydrogen) atoms. The van der Waals surface area contributed by atoms with Crippen LogP contribution in [0.3, 0.4) is 0 Å². The van der Waals surface area contributed by atoms with Crippen LogP contribution >= 0.6 is 11.8 Å². The lowest BCUT2D eigenvalue weighted by Crippen LogP contribution is -2.20. The van der Waals surface area contributed by atoms with Crippen molar-refractivity contribution in [2.75, 3.05) is 23.0 Å². The van der Waals surface area contributed by atoms with E-state index < -0.39 is 0 Å². The average molecular weight is 480 g/mol. The van der Waals surface area contributed by atoms with Gasteiger partial charge in [0, 0.05) is 18.0 Å². The molecule has 8 heteroatoms. The molecule has 2 N–H and O–H groups in total. The third-order valence-corrected chi connectivity index (χ3v) is 6.97. The number of amides is 1. The molecule has 1 aliphatic heterocycles. The zero-order valence-electron chi connectivity index (χ0n) is 20.1. The third kappa shape index (κ3) is 6.39. The first-order valence-electron chi connectivity index (χ1n) is 11.9. The minimum Gasteiger partial charge on any atom is -0.378 e. The number of benzene rings is 2. The predicted octanol–water partition coefficient (Wildman–Crippen LogP) is 4.98. The van der Waals surface area contributed by atoms with Gasteiger partial charge in [0.2, 0.25) is 5.91 Å². The van der Waals surface area contributed by atoms with Crippen molar-refractivity contribution in [2.24, 2.45) is 0 Å². The van der Waals surface area contributed by atoms with Crippen LogP contribution in [0.4, 0.5) is 11.4 Å². The molecule has 1 atom stereocenters. The molecule has 2 aromatic carbocycles. The number of hydrogen-bond acceptors (Lipinski definition) is 6. The average Bonchev–Trinajstić information content (AvgIpc) is 3.48. The molecule has 4 rings (SSSR count). The molecular weight excluding hydrogens is 446 g/mol. The van der Waals surface area contributed by atoms with Crippen molar-refractivity contribution < 1.29 is 9.53 Å². The first-order valence-corrected chi connectivity index (χ1v) is 12.9. The normalized spacial score (nSPS) is 15.4. The molecule has 1 aliphatic rings. The number of nitrogens with zero attached hydrogens (tertiary/aromatic N) is 3. The Bertz CT molecular complexity index is 1110. The number of rotatable bonds is 10. The highest BCUT2D eigenvalue weighted by atomic mass is 32.2. The van der Waals surface area contributed by atoms with E-state index in [1.165, 1.54) is 28.5 Å². The van der Waals surface area contributed by atoms with Gasteiger partial charge in [0.1, 0.15) is 0 Å². The number of carbonyl (C=O) groups is 1. The monoisotopic (exact) mass is 479 g/mol. The van der Waals surface area contributed by atoms with E-state index in [9.17, 15) is 4.79 Å². The molecular formula is C26H33N5O2S. The Hall–Kier alpha value is -2.84. The highest BCUT2D eigenvalue weighted by Crippen LogP contribution is 2.23. The Morgan fingerprint density at radius 1 is 1.18 bits per heavy atom. The number of aromatic nitrogens is 3. The standard InChI is InChI=1S/C26H33N5O2S/c1-4-20-8-10-21(11-9-20)28-25(32)17-34-26-30-29-24(31(26)16-22-6-5-13-33-22)15-27-23-12-7-18(2)14-19(23)3/h7-12,14,22,27H,4-6,13,15-17H2,1-3H3,(H,28,32)/t22-/m1/s1. The SMILES string of the molecule is CCc1ccc(NC(=O)CSc2nnc(CNc3ccc(C)cc3C)n2C[C@H]2CCCO2)cc1. The number of aryl methyl sites for hydroxylation is 3. The van der Waals surface area contributed by atoms with Crippen LogP contribution in [0.2, 0.25) is 0 Å². The Kier molecular flexibility index (Phi) is 8.24. The van der Waals surface area contributed by atoms with Gasteiger partial charge in [-0.3, -0.25) is 4.79 Å². The van der Waals surface area contributed by atoms with Crippen molar-refractivity contribution in [3.8, 4) is 0 Å². The van der Waals surface area contributed by atoms with Gasteiger partial charge in [0.25, 0.3) is 0 Å². The summed E-state index contributed by atoms with van der Waals surface area (Å²) in [4.78, 5) is 12.6. The molecule has 1 aromatic heterocycles. The number of carbonyl (C=O) groups excluding carboxylic acids is 1. The molecule has 180 valence electrons. The molecule has 0 aliphatic carbocycles. The van der Waals surface area contributed by atoms with E-state index in [0.29, 0.717) is 13.1 Å². The molecule has 1 fully saturated rings. The summed E-state index contributed by atoms with van der Waals surface area (Å²) in [6.07, 6.45) is 3.23. The van der Waals surface area contributed by atoms with Crippen molar-refractivity contribution in [1.29, 1.82) is 0 Å². The number of ether oxygens (including phenoxy) is 1. The molecule has 0 radical (unpaired) electrons. The first-order chi connectivity index (χ1) is 16.5. The fraction of sp³-hybridized carbons (Fsp3) is 0.423. The quantitative estimate of drug-likeness (QED) is 0.399. The fourth-order valence-electron chi connectivity index (χ4n) is 4.07. The summed E-state index contributed by atoms with van der Waals surface area (Å²) >= 11 is 1.41. The molecule has 2 heterocycles. The molecule has 0 unspecified atom stereocenters. The summed E-state index contributed by atoms with van der Waals surface area (Å²) in [5.74, 6) is 1.05. The van der Waals surface area contributed by atoms with E-state index in [1.807, 2.05) is 24.3 Å². The Balaban J connectivity index is 1.41. The molecule has 7 nitrogen and oxygen atoms in total. The van der Waals surface area contributed by atoms with Crippen LogP contribution in [-0.2, 0) is 29.0 Å². The van der Waals surface area contributed by atoms with Gasteiger partial charge in [-0.25, -0.2) is 0 Å². The van der Waals surface area contributed by atoms with Crippen molar-refractivity contribution in [1.82, 2.24) is 14.8 Å². The van der Waals surface area contributed by atoms with Gasteiger partial charge in [-0.05, 0) is 62.4 Å². The zero-order valence-corrected chi connectivity index (χ0v) is 21.0. The number of hydrogen-bond donors (Lipinski definition) is 2. The molecule has 3 aromatic rings. The smallest absolute Gasteiger partial charge is 0.234 e. The van der Waals surface area contributed by atoms with E-state index >= 15 is 0 Å². The number of anilines is 2. The summed E-state index contributed by atoms with van der Waals surface area (Å²) in [5.41, 5.74) is 5.57. The maximum absolute atomic E-state index is 12.6. The molecule has 0 spiro atoms. The second kappa shape index (κ2) is 11.5. The topological polar surface area (TPSA) is 81.1 Å². The summed E-state index contributed by atoms with van der Waals surface area (Å²) in [5, 5.41) is 16.0. The zero-order chi connectivity index (χ0) is 23.9. The lowest BCUT2D eigenvalue weighted by Gasteiger charge is -2.16. The van der Waals surface area contributed by atoms with Crippen molar-refractivity contribution in [2.45, 2.75) is 64.4 Å². The Labute approximate surface area is 205 Å². The van der Waals surface area contributed by atoms with Crippen molar-refractivity contribution in [3.63, 3.8) is 0 Å². The summed E-state index contributed by atoms with van der Waals surface area (Å²) in [6, 6.07) is 14.3. The van der Waals surface area contributed by atoms with Crippen LogP contribution in [0.15, 0.2) is 47.6 Å². The fourth-order valence-corrected chi connectivity index (χ4v) is 4.84. The summed E-state index contributed by atoms with van der Waals surface area (Å²) in [6.45, 7) is 8.35. The van der Waals surface area contributed by atoms with Crippen LogP contribution in [0.1, 0.15) is 42.3 Å². The van der Waals surface area contributed by atoms with Crippen LogP contribution in [0.5, 0.6) is 0 Å². The minimum absolute atomic E-state index is 0.0594. The number of nitrogens with one attached hydrogen (secondary N) is 2. The van der Waals surface area contributed by atoms with E-state index in [4.69, 9.17) is 4.74 Å². The van der Waals surface area contributed by atoms with Gasteiger partial charge in [-0.2, -0.15) is 0 Å². The number of thioether (sulfide) groups is 1. The van der Waals surface area contributed by atoms with Crippen LogP contribution in [0, 0.1) is 13.8 Å². The summed E-state index contributed by atoms with van der Waals surface area (Å²) in [7, 11) is 0. The molecule has 1 amide bonds. The van der Waals surface area contributed by atoms with Gasteiger partial charge in [0.15, 0.2) is 11.0 Å². The molecule has 0 saturated carbocycles. The van der Waals surface area contributed by atoms with Crippen LogP contribution in [-0.4, -0.2) is 39.1 Å². The second-order valence-corrected chi connectivity index (χ2v) is 9.65. The van der Waals surface area contributed by atoms with Crippen molar-refractivity contribution in [3.05, 3.63) is 65.0 Å². The lowest BCUT2D eigenvalue weighted by molar-refractivity contribution is -0.113. The Morgan fingerprint density at radius 2 is 2.00 bits per heavy atom.